The van der Waals surface area contributed by atoms with Crippen molar-refractivity contribution in [3.63, 3.8) is 0 Å². The molecule has 1 N–H and O–H groups in total. The van der Waals surface area contributed by atoms with Crippen molar-refractivity contribution in [3.05, 3.63) is 11.4 Å². The maximum absolute atomic E-state index is 4.45. The molecule has 1 aromatic heterocycles. The second kappa shape index (κ2) is 5.08. The first-order valence-corrected chi connectivity index (χ1v) is 6.61. The molecule has 0 aromatic carbocycles. The van der Waals surface area contributed by atoms with Gasteiger partial charge in [0.05, 0.1) is 17.1 Å². The maximum atomic E-state index is 4.45. The minimum atomic E-state index is 0.611. The first-order chi connectivity index (χ1) is 8.11. The molecule has 0 bridgehead atoms. The van der Waals surface area contributed by atoms with Crippen molar-refractivity contribution < 1.29 is 0 Å². The highest BCUT2D eigenvalue weighted by Gasteiger charge is 2.20. The van der Waals surface area contributed by atoms with Gasteiger partial charge in [-0.3, -0.25) is 4.68 Å². The summed E-state index contributed by atoms with van der Waals surface area (Å²) in [5.41, 5.74) is 3.59. The number of aromatic nitrogens is 2. The number of piperidine rings is 1. The molecule has 0 amide bonds. The number of hydrogen-bond acceptors (Lipinski definition) is 3. The lowest BCUT2D eigenvalue weighted by atomic mass is 10.0. The molecule has 0 radical (unpaired) electrons. The fraction of sp³-hybridized carbons (Fsp3) is 0.769. The van der Waals surface area contributed by atoms with E-state index in [1.807, 2.05) is 11.7 Å². The van der Waals surface area contributed by atoms with Gasteiger partial charge in [-0.25, -0.2) is 0 Å². The van der Waals surface area contributed by atoms with Crippen molar-refractivity contribution in [1.29, 1.82) is 0 Å². The number of anilines is 1. The average molecular weight is 236 g/mol. The van der Waals surface area contributed by atoms with Crippen LogP contribution in [0.1, 0.15) is 31.2 Å². The van der Waals surface area contributed by atoms with E-state index < -0.39 is 0 Å². The summed E-state index contributed by atoms with van der Waals surface area (Å²) in [6.07, 6.45) is 2.48. The fourth-order valence-corrected chi connectivity index (χ4v) is 2.58. The van der Waals surface area contributed by atoms with Crippen molar-refractivity contribution in [2.24, 2.45) is 7.05 Å². The van der Waals surface area contributed by atoms with E-state index in [0.29, 0.717) is 6.04 Å². The van der Waals surface area contributed by atoms with Crippen LogP contribution in [0.2, 0.25) is 0 Å². The van der Waals surface area contributed by atoms with E-state index in [0.717, 1.165) is 5.69 Å². The van der Waals surface area contributed by atoms with Gasteiger partial charge in [-0.05, 0) is 33.2 Å². The summed E-state index contributed by atoms with van der Waals surface area (Å²) in [5.74, 6) is 0. The summed E-state index contributed by atoms with van der Waals surface area (Å²) in [6, 6.07) is 0.611. The molecule has 0 spiro atoms. The number of rotatable bonds is 3. The van der Waals surface area contributed by atoms with Crippen LogP contribution < -0.4 is 5.32 Å². The second-order valence-corrected chi connectivity index (χ2v) is 5.02. The van der Waals surface area contributed by atoms with Crippen LogP contribution >= 0.6 is 0 Å². The number of hydrogen-bond donors (Lipinski definition) is 1. The van der Waals surface area contributed by atoms with Gasteiger partial charge in [-0.2, -0.15) is 5.10 Å². The van der Waals surface area contributed by atoms with E-state index >= 15 is 0 Å². The normalized spacial score (nSPS) is 18.6. The van der Waals surface area contributed by atoms with Gasteiger partial charge in [0.15, 0.2) is 0 Å². The summed E-state index contributed by atoms with van der Waals surface area (Å²) in [6.45, 7) is 10.1. The Morgan fingerprint density at radius 3 is 2.41 bits per heavy atom. The summed E-state index contributed by atoms with van der Waals surface area (Å²) >= 11 is 0. The van der Waals surface area contributed by atoms with Gasteiger partial charge in [0.2, 0.25) is 0 Å². The van der Waals surface area contributed by atoms with Gasteiger partial charge in [-0.1, -0.05) is 6.92 Å². The molecule has 2 rings (SSSR count). The van der Waals surface area contributed by atoms with Crippen LogP contribution in [0.3, 0.4) is 0 Å². The Morgan fingerprint density at radius 1 is 1.29 bits per heavy atom. The Bertz CT molecular complexity index is 375. The molecule has 1 aromatic rings. The monoisotopic (exact) mass is 236 g/mol. The highest BCUT2D eigenvalue weighted by molar-refractivity contribution is 5.52. The topological polar surface area (TPSA) is 33.1 Å². The van der Waals surface area contributed by atoms with E-state index in [-0.39, 0.29) is 0 Å². The number of aryl methyl sites for hydroxylation is 2. The smallest absolute Gasteiger partial charge is 0.0827 e. The lowest BCUT2D eigenvalue weighted by Crippen LogP contribution is -2.39. The van der Waals surface area contributed by atoms with Gasteiger partial charge in [-0.15, -0.1) is 0 Å². The molecule has 1 fully saturated rings. The summed E-state index contributed by atoms with van der Waals surface area (Å²) in [5, 5.41) is 8.12. The minimum Gasteiger partial charge on any atom is -0.379 e. The van der Waals surface area contributed by atoms with E-state index in [9.17, 15) is 0 Å². The molecule has 0 unspecified atom stereocenters. The van der Waals surface area contributed by atoms with Crippen molar-refractivity contribution in [1.82, 2.24) is 14.7 Å². The molecular formula is C13H24N4. The molecule has 2 heterocycles. The zero-order valence-corrected chi connectivity index (χ0v) is 11.5. The van der Waals surface area contributed by atoms with E-state index in [1.54, 1.807) is 0 Å². The standard InChI is InChI=1S/C13H24N4/c1-5-17-8-6-12(7-9-17)14-13-10(2)15-16(4)11(13)3/h12,14H,5-9H2,1-4H3. The fourth-order valence-electron chi connectivity index (χ4n) is 2.58. The summed E-state index contributed by atoms with van der Waals surface area (Å²) < 4.78 is 1.96. The molecule has 17 heavy (non-hydrogen) atoms. The summed E-state index contributed by atoms with van der Waals surface area (Å²) in [4.78, 5) is 2.52. The predicted octanol–water partition coefficient (Wildman–Crippen LogP) is 1.93. The van der Waals surface area contributed by atoms with Crippen molar-refractivity contribution in [3.8, 4) is 0 Å². The van der Waals surface area contributed by atoms with Crippen LogP contribution in [-0.4, -0.2) is 40.4 Å². The van der Waals surface area contributed by atoms with Crippen LogP contribution in [-0.2, 0) is 7.05 Å². The Hall–Kier alpha value is -1.03. The Morgan fingerprint density at radius 2 is 1.94 bits per heavy atom. The predicted molar refractivity (Wildman–Crippen MR) is 71.4 cm³/mol. The molecule has 0 saturated carbocycles. The highest BCUT2D eigenvalue weighted by atomic mass is 15.3. The van der Waals surface area contributed by atoms with Crippen LogP contribution in [0.4, 0.5) is 5.69 Å². The quantitative estimate of drug-likeness (QED) is 0.870. The Balaban J connectivity index is 1.98. The van der Waals surface area contributed by atoms with Crippen molar-refractivity contribution in [2.45, 2.75) is 39.7 Å². The molecule has 1 aliphatic heterocycles. The van der Waals surface area contributed by atoms with Crippen molar-refractivity contribution >= 4 is 5.69 Å². The Labute approximate surface area is 104 Å². The largest absolute Gasteiger partial charge is 0.379 e. The molecule has 0 atom stereocenters. The lowest BCUT2D eigenvalue weighted by molar-refractivity contribution is 0.229. The van der Waals surface area contributed by atoms with Crippen LogP contribution in [0.25, 0.3) is 0 Å². The van der Waals surface area contributed by atoms with Crippen molar-refractivity contribution in [2.75, 3.05) is 25.0 Å². The maximum Gasteiger partial charge on any atom is 0.0827 e. The number of nitrogens with zero attached hydrogens (tertiary/aromatic N) is 3. The molecule has 1 aliphatic rings. The van der Waals surface area contributed by atoms with Crippen LogP contribution in [0.5, 0.6) is 0 Å². The van der Waals surface area contributed by atoms with Gasteiger partial charge in [0.1, 0.15) is 0 Å². The van der Waals surface area contributed by atoms with Crippen LogP contribution in [0, 0.1) is 13.8 Å². The zero-order chi connectivity index (χ0) is 12.4. The molecular weight excluding hydrogens is 212 g/mol. The molecule has 96 valence electrons. The minimum absolute atomic E-state index is 0.611. The summed E-state index contributed by atoms with van der Waals surface area (Å²) in [7, 11) is 2.01. The Kier molecular flexibility index (Phi) is 3.72. The van der Waals surface area contributed by atoms with E-state index in [4.69, 9.17) is 0 Å². The second-order valence-electron chi connectivity index (χ2n) is 5.02. The third-order valence-corrected chi connectivity index (χ3v) is 3.89. The van der Waals surface area contributed by atoms with Gasteiger partial charge < -0.3 is 10.2 Å². The van der Waals surface area contributed by atoms with Gasteiger partial charge in [0, 0.05) is 26.2 Å². The van der Waals surface area contributed by atoms with E-state index in [1.165, 1.54) is 43.9 Å². The zero-order valence-electron chi connectivity index (χ0n) is 11.5. The van der Waals surface area contributed by atoms with Gasteiger partial charge >= 0.3 is 0 Å². The highest BCUT2D eigenvalue weighted by Crippen LogP contribution is 2.22. The lowest BCUT2D eigenvalue weighted by Gasteiger charge is -2.32. The first kappa shape index (κ1) is 12.4. The van der Waals surface area contributed by atoms with E-state index in [2.05, 4.69) is 36.1 Å². The molecule has 4 nitrogen and oxygen atoms in total. The number of nitrogens with one attached hydrogen (secondary N) is 1. The molecule has 0 aliphatic carbocycles. The van der Waals surface area contributed by atoms with Gasteiger partial charge in [0.25, 0.3) is 0 Å². The first-order valence-electron chi connectivity index (χ1n) is 6.61. The average Bonchev–Trinajstić information content (AvgIpc) is 2.57. The third kappa shape index (κ3) is 2.63. The SMILES string of the molecule is CCN1CCC(Nc2c(C)nn(C)c2C)CC1. The molecule has 4 heteroatoms. The van der Waals surface area contributed by atoms with Crippen LogP contribution in [0.15, 0.2) is 0 Å². The molecule has 1 saturated heterocycles. The third-order valence-electron chi connectivity index (χ3n) is 3.89. The number of likely N-dealkylation sites (tertiary alicyclic amines) is 1.